The van der Waals surface area contributed by atoms with E-state index in [1.807, 2.05) is 7.05 Å². The topological polar surface area (TPSA) is 32.8 Å². The summed E-state index contributed by atoms with van der Waals surface area (Å²) < 4.78 is 19.5. The second-order valence-electron chi connectivity index (χ2n) is 6.60. The van der Waals surface area contributed by atoms with Gasteiger partial charge in [0.15, 0.2) is 0 Å². The van der Waals surface area contributed by atoms with Crippen LogP contribution in [-0.4, -0.2) is 54.5 Å². The van der Waals surface area contributed by atoms with Crippen molar-refractivity contribution in [2.75, 3.05) is 26.7 Å². The number of likely N-dealkylation sites (N-methyl/N-ethyl adjacent to an activating group) is 1. The zero-order valence-electron chi connectivity index (χ0n) is 13.9. The van der Waals surface area contributed by atoms with E-state index >= 15 is 0 Å². The summed E-state index contributed by atoms with van der Waals surface area (Å²) in [4.78, 5) is 16.7. The first kappa shape index (κ1) is 16.2. The Balaban J connectivity index is 1.71. The normalized spacial score (nSPS) is 24.1. The van der Waals surface area contributed by atoms with Crippen molar-refractivity contribution < 1.29 is 13.9 Å². The molecule has 4 nitrogen and oxygen atoms in total. The predicted octanol–water partition coefficient (Wildman–Crippen LogP) is 2.92. The first-order valence-corrected chi connectivity index (χ1v) is 8.56. The largest absolute Gasteiger partial charge is 0.486 e. The van der Waals surface area contributed by atoms with Crippen LogP contribution in [0.5, 0.6) is 5.75 Å². The van der Waals surface area contributed by atoms with Gasteiger partial charge < -0.3 is 9.64 Å². The molecule has 0 unspecified atom stereocenters. The highest BCUT2D eigenvalue weighted by atomic mass is 19.1. The lowest BCUT2D eigenvalue weighted by Crippen LogP contribution is -2.44. The molecule has 1 fully saturated rings. The number of amides is 1. The van der Waals surface area contributed by atoms with Crippen molar-refractivity contribution in [3.05, 3.63) is 29.6 Å². The Morgan fingerprint density at radius 1 is 1.26 bits per heavy atom. The van der Waals surface area contributed by atoms with Crippen molar-refractivity contribution in [3.63, 3.8) is 0 Å². The fraction of sp³-hybridized carbons (Fsp3) is 0.611. The van der Waals surface area contributed by atoms with Crippen LogP contribution in [0.4, 0.5) is 4.39 Å². The number of ether oxygens (including phenoxy) is 1. The molecule has 0 bridgehead atoms. The molecule has 0 N–H and O–H groups in total. The van der Waals surface area contributed by atoms with Gasteiger partial charge in [-0.3, -0.25) is 9.69 Å². The number of fused-ring (bicyclic) bond motifs is 2. The van der Waals surface area contributed by atoms with Gasteiger partial charge in [-0.15, -0.1) is 0 Å². The van der Waals surface area contributed by atoms with Crippen LogP contribution >= 0.6 is 0 Å². The lowest BCUT2D eigenvalue weighted by Gasteiger charge is -2.25. The SMILES string of the molecule is CCCCCCN1C[C@@H]2Oc3cc(F)ccc3C(=O)N(C)[C@@H]2C1. The Labute approximate surface area is 137 Å². The van der Waals surface area contributed by atoms with Crippen LogP contribution in [0.2, 0.25) is 0 Å². The fourth-order valence-electron chi connectivity index (χ4n) is 3.54. The van der Waals surface area contributed by atoms with Gasteiger partial charge in [0.25, 0.3) is 5.91 Å². The third kappa shape index (κ3) is 3.34. The Hall–Kier alpha value is -1.62. The Morgan fingerprint density at radius 3 is 2.87 bits per heavy atom. The fourth-order valence-corrected chi connectivity index (χ4v) is 3.54. The molecule has 5 heteroatoms. The monoisotopic (exact) mass is 320 g/mol. The minimum atomic E-state index is -0.368. The van der Waals surface area contributed by atoms with Gasteiger partial charge in [-0.05, 0) is 25.1 Å². The second-order valence-corrected chi connectivity index (χ2v) is 6.60. The van der Waals surface area contributed by atoms with Gasteiger partial charge in [-0.2, -0.15) is 0 Å². The van der Waals surface area contributed by atoms with Gasteiger partial charge in [0.2, 0.25) is 0 Å². The van der Waals surface area contributed by atoms with E-state index < -0.39 is 0 Å². The van der Waals surface area contributed by atoms with Crippen molar-refractivity contribution >= 4 is 5.91 Å². The number of carbonyl (C=O) groups excluding carboxylic acids is 1. The zero-order chi connectivity index (χ0) is 16.4. The van der Waals surface area contributed by atoms with Crippen molar-refractivity contribution in [2.24, 2.45) is 0 Å². The quantitative estimate of drug-likeness (QED) is 0.782. The molecule has 126 valence electrons. The van der Waals surface area contributed by atoms with Gasteiger partial charge >= 0.3 is 0 Å². The van der Waals surface area contributed by atoms with E-state index in [-0.39, 0.29) is 23.9 Å². The maximum absolute atomic E-state index is 13.5. The lowest BCUT2D eigenvalue weighted by atomic mass is 10.1. The van der Waals surface area contributed by atoms with Crippen LogP contribution in [0.1, 0.15) is 43.0 Å². The van der Waals surface area contributed by atoms with E-state index in [1.165, 1.54) is 43.9 Å². The maximum Gasteiger partial charge on any atom is 0.257 e. The maximum atomic E-state index is 13.5. The first-order valence-electron chi connectivity index (χ1n) is 8.56. The molecule has 0 aliphatic carbocycles. The molecule has 1 amide bonds. The Morgan fingerprint density at radius 2 is 2.09 bits per heavy atom. The summed E-state index contributed by atoms with van der Waals surface area (Å²) >= 11 is 0. The molecule has 3 rings (SSSR count). The van der Waals surface area contributed by atoms with Crippen LogP contribution in [-0.2, 0) is 0 Å². The van der Waals surface area contributed by atoms with E-state index in [0.29, 0.717) is 11.3 Å². The second kappa shape index (κ2) is 6.87. The molecular weight excluding hydrogens is 295 g/mol. The minimum Gasteiger partial charge on any atom is -0.486 e. The lowest BCUT2D eigenvalue weighted by molar-refractivity contribution is 0.0682. The molecule has 1 aromatic carbocycles. The molecule has 2 atom stereocenters. The minimum absolute atomic E-state index is 0.0316. The van der Waals surface area contributed by atoms with E-state index in [2.05, 4.69) is 11.8 Å². The summed E-state index contributed by atoms with van der Waals surface area (Å²) in [5, 5.41) is 0. The van der Waals surface area contributed by atoms with Crippen LogP contribution in [0.3, 0.4) is 0 Å². The van der Waals surface area contributed by atoms with E-state index in [1.54, 1.807) is 4.90 Å². The first-order chi connectivity index (χ1) is 11.1. The van der Waals surface area contributed by atoms with Crippen LogP contribution in [0, 0.1) is 5.82 Å². The van der Waals surface area contributed by atoms with E-state index in [0.717, 1.165) is 19.6 Å². The zero-order valence-corrected chi connectivity index (χ0v) is 13.9. The highest BCUT2D eigenvalue weighted by Gasteiger charge is 2.41. The van der Waals surface area contributed by atoms with Crippen molar-refractivity contribution in [1.82, 2.24) is 9.80 Å². The van der Waals surface area contributed by atoms with Gasteiger partial charge in [-0.1, -0.05) is 26.2 Å². The van der Waals surface area contributed by atoms with Gasteiger partial charge in [0, 0.05) is 26.2 Å². The predicted molar refractivity (Wildman–Crippen MR) is 87.3 cm³/mol. The molecule has 1 aromatic rings. The van der Waals surface area contributed by atoms with Crippen LogP contribution in [0.25, 0.3) is 0 Å². The van der Waals surface area contributed by atoms with Crippen molar-refractivity contribution in [3.8, 4) is 5.75 Å². The molecule has 2 aliphatic rings. The number of halogens is 1. The number of nitrogens with zero attached hydrogens (tertiary/aromatic N) is 2. The molecule has 0 spiro atoms. The summed E-state index contributed by atoms with van der Waals surface area (Å²) in [6, 6.07) is 4.19. The average Bonchev–Trinajstić information content (AvgIpc) is 2.89. The molecule has 0 radical (unpaired) electrons. The highest BCUT2D eigenvalue weighted by molar-refractivity contribution is 5.97. The number of unbranched alkanes of at least 4 members (excludes halogenated alkanes) is 3. The summed E-state index contributed by atoms with van der Waals surface area (Å²) in [7, 11) is 1.82. The summed E-state index contributed by atoms with van der Waals surface area (Å²) in [6.45, 7) is 4.87. The number of likely N-dealkylation sites (tertiary alicyclic amines) is 1. The summed E-state index contributed by atoms with van der Waals surface area (Å²) in [5.74, 6) is -0.0745. The Kier molecular flexibility index (Phi) is 4.85. The molecule has 2 aliphatic heterocycles. The molecule has 1 saturated heterocycles. The van der Waals surface area contributed by atoms with Crippen LogP contribution < -0.4 is 4.74 Å². The summed E-state index contributed by atoms with van der Waals surface area (Å²) in [5.41, 5.74) is 0.456. The third-order valence-corrected chi connectivity index (χ3v) is 4.91. The van der Waals surface area contributed by atoms with E-state index in [9.17, 15) is 9.18 Å². The smallest absolute Gasteiger partial charge is 0.257 e. The summed E-state index contributed by atoms with van der Waals surface area (Å²) in [6.07, 6.45) is 4.83. The van der Waals surface area contributed by atoms with Gasteiger partial charge in [-0.25, -0.2) is 4.39 Å². The molecular formula is C18H25FN2O2. The molecule has 0 saturated carbocycles. The molecule has 23 heavy (non-hydrogen) atoms. The van der Waals surface area contributed by atoms with Crippen molar-refractivity contribution in [2.45, 2.75) is 44.8 Å². The average molecular weight is 320 g/mol. The standard InChI is InChI=1S/C18H25FN2O2/c1-3-4-5-6-9-21-11-15-17(12-21)23-16-10-13(19)7-8-14(16)18(22)20(15)2/h7-8,10,15,17H,3-6,9,11-12H2,1-2H3/t15-,17+/m1/s1. The molecule has 0 aromatic heterocycles. The number of rotatable bonds is 5. The van der Waals surface area contributed by atoms with E-state index in [4.69, 9.17) is 4.74 Å². The van der Waals surface area contributed by atoms with Crippen molar-refractivity contribution in [1.29, 1.82) is 0 Å². The number of benzene rings is 1. The van der Waals surface area contributed by atoms with Crippen LogP contribution in [0.15, 0.2) is 18.2 Å². The number of carbonyl (C=O) groups is 1. The number of hydrogen-bond acceptors (Lipinski definition) is 3. The Bertz CT molecular complexity index is 578. The molecule has 2 heterocycles. The third-order valence-electron chi connectivity index (χ3n) is 4.91. The highest BCUT2D eigenvalue weighted by Crippen LogP contribution is 2.31. The van der Waals surface area contributed by atoms with Gasteiger partial charge in [0.05, 0.1) is 11.6 Å². The number of hydrogen-bond donors (Lipinski definition) is 0. The van der Waals surface area contributed by atoms with Gasteiger partial charge in [0.1, 0.15) is 17.7 Å².